The number of aromatic nitrogens is 6. The van der Waals surface area contributed by atoms with E-state index in [1.54, 1.807) is 106 Å². The number of ether oxygens (including phenoxy) is 5. The molecule has 0 aliphatic rings. The Labute approximate surface area is 418 Å². The van der Waals surface area contributed by atoms with E-state index in [2.05, 4.69) is 20.6 Å². The summed E-state index contributed by atoms with van der Waals surface area (Å²) in [4.78, 5) is 83.6. The van der Waals surface area contributed by atoms with Crippen LogP contribution in [0.4, 0.5) is 23.3 Å². The summed E-state index contributed by atoms with van der Waals surface area (Å²) < 4.78 is 30.7. The number of halogens is 2. The lowest BCUT2D eigenvalue weighted by Gasteiger charge is -2.18. The number of carbonyl (C=O) groups is 2. The van der Waals surface area contributed by atoms with E-state index in [0.717, 1.165) is 20.3 Å². The molecule has 20 nitrogen and oxygen atoms in total. The fraction of sp³-hybridized carbons (Fsp3) is 0.347. The number of methoxy groups -OCH3 is 3. The number of hydrogen-bond acceptors (Lipinski definition) is 15. The Kier molecular flexibility index (Phi) is 19.0. The van der Waals surface area contributed by atoms with Gasteiger partial charge in [0, 0.05) is 24.5 Å². The molecule has 0 bridgehead atoms. The fourth-order valence-corrected chi connectivity index (χ4v) is 7.14. The van der Waals surface area contributed by atoms with E-state index in [4.69, 9.17) is 46.9 Å². The van der Waals surface area contributed by atoms with Gasteiger partial charge in [-0.05, 0) is 99.5 Å². The van der Waals surface area contributed by atoms with Gasteiger partial charge in [-0.15, -0.1) is 0 Å². The van der Waals surface area contributed by atoms with Gasteiger partial charge < -0.3 is 39.4 Å². The Bertz CT molecular complexity index is 3060. The van der Waals surface area contributed by atoms with Crippen molar-refractivity contribution in [3.63, 3.8) is 0 Å². The topological polar surface area (TPSA) is 238 Å². The van der Waals surface area contributed by atoms with Crippen molar-refractivity contribution in [2.75, 3.05) is 32.0 Å². The number of rotatable bonds is 20. The van der Waals surface area contributed by atoms with Crippen molar-refractivity contribution in [2.24, 2.45) is 11.8 Å². The number of anilines is 4. The van der Waals surface area contributed by atoms with Gasteiger partial charge in [0.2, 0.25) is 11.9 Å². The molecule has 0 saturated carbocycles. The second kappa shape index (κ2) is 24.8. The van der Waals surface area contributed by atoms with Crippen molar-refractivity contribution in [3.05, 3.63) is 148 Å². The van der Waals surface area contributed by atoms with Crippen molar-refractivity contribution in [2.45, 2.75) is 79.9 Å². The molecule has 4 aromatic carbocycles. The number of hydrogen-bond donors (Lipinski definition) is 3. The van der Waals surface area contributed by atoms with Gasteiger partial charge in [0.1, 0.15) is 23.0 Å². The molecule has 2 heterocycles. The van der Waals surface area contributed by atoms with E-state index in [9.17, 15) is 33.9 Å². The SMILES string of the molecule is COC(=O)[C@@H](C)Cn1c(=O)nc(Nc2ccc(OC(C)C)c(Cl)c2)n(Cc2ccc(OC)cc2)c1=O.COc1ccc(Cn2c(Nc3ccc(OC(C)C)c(Cl)c3)nc(=O)n(C[C@H](C)C(=O)O)c2=O)cc1. The summed E-state index contributed by atoms with van der Waals surface area (Å²) in [6.45, 7) is 10.2. The predicted octanol–water partition coefficient (Wildman–Crippen LogP) is 6.82. The second-order valence-corrected chi connectivity index (χ2v) is 17.4. The largest absolute Gasteiger partial charge is 0.497 e. The molecule has 3 N–H and O–H groups in total. The van der Waals surface area contributed by atoms with Crippen LogP contribution >= 0.6 is 23.2 Å². The molecule has 6 aromatic rings. The second-order valence-electron chi connectivity index (χ2n) is 16.6. The molecular formula is C49H56Cl2N8O12. The van der Waals surface area contributed by atoms with Crippen LogP contribution in [0.3, 0.4) is 0 Å². The number of benzene rings is 4. The van der Waals surface area contributed by atoms with Crippen molar-refractivity contribution in [1.82, 2.24) is 28.2 Å². The molecule has 0 radical (unpaired) electrons. The molecule has 0 fully saturated rings. The molecule has 2 aromatic heterocycles. The number of carbonyl (C=O) groups excluding carboxylic acids is 1. The minimum absolute atomic E-state index is 0.0105. The van der Waals surface area contributed by atoms with E-state index in [1.165, 1.54) is 23.2 Å². The molecule has 0 unspecified atom stereocenters. The van der Waals surface area contributed by atoms with Gasteiger partial charge in [0.25, 0.3) is 0 Å². The van der Waals surface area contributed by atoms with E-state index < -0.39 is 46.5 Å². The molecule has 0 saturated heterocycles. The number of carboxylic acids is 1. The quantitative estimate of drug-likeness (QED) is 0.0665. The molecule has 6 rings (SSSR count). The Morgan fingerprint density at radius 2 is 0.958 bits per heavy atom. The third kappa shape index (κ3) is 14.7. The summed E-state index contributed by atoms with van der Waals surface area (Å²) in [6.07, 6.45) is -0.124. The van der Waals surface area contributed by atoms with Crippen LogP contribution in [0.15, 0.2) is 104 Å². The maximum atomic E-state index is 13.4. The summed E-state index contributed by atoms with van der Waals surface area (Å²) in [5.74, 6) is -1.01. The number of nitrogens with one attached hydrogen (secondary N) is 2. The van der Waals surface area contributed by atoms with Crippen LogP contribution in [0.1, 0.15) is 52.7 Å². The average molecular weight is 1020 g/mol. The number of carboxylic acid groups (broad SMARTS) is 1. The first-order valence-corrected chi connectivity index (χ1v) is 22.9. The zero-order valence-corrected chi connectivity index (χ0v) is 42.1. The normalized spacial score (nSPS) is 11.8. The van der Waals surface area contributed by atoms with Gasteiger partial charge in [-0.1, -0.05) is 61.3 Å². The molecule has 71 heavy (non-hydrogen) atoms. The van der Waals surface area contributed by atoms with Gasteiger partial charge in [0.15, 0.2) is 0 Å². The molecule has 0 aliphatic carbocycles. The third-order valence-electron chi connectivity index (χ3n) is 10.3. The first-order valence-electron chi connectivity index (χ1n) is 22.2. The van der Waals surface area contributed by atoms with Gasteiger partial charge in [0.05, 0.1) is 68.5 Å². The summed E-state index contributed by atoms with van der Waals surface area (Å²) in [6, 6.07) is 24.2. The predicted molar refractivity (Wildman–Crippen MR) is 269 cm³/mol. The Morgan fingerprint density at radius 1 is 0.577 bits per heavy atom. The van der Waals surface area contributed by atoms with Gasteiger partial charge in [-0.3, -0.25) is 18.7 Å². The van der Waals surface area contributed by atoms with Crippen LogP contribution in [-0.2, 0) is 40.5 Å². The van der Waals surface area contributed by atoms with Gasteiger partial charge in [-0.25, -0.2) is 28.3 Å². The summed E-state index contributed by atoms with van der Waals surface area (Å²) in [5.41, 5.74) is -0.473. The minimum Gasteiger partial charge on any atom is -0.497 e. The molecular weight excluding hydrogens is 963 g/mol. The smallest absolute Gasteiger partial charge is 0.354 e. The van der Waals surface area contributed by atoms with Crippen LogP contribution < -0.4 is 52.3 Å². The average Bonchev–Trinajstić information content (AvgIpc) is 3.33. The maximum absolute atomic E-state index is 13.4. The highest BCUT2D eigenvalue weighted by Crippen LogP contribution is 2.31. The fourth-order valence-electron chi connectivity index (χ4n) is 6.69. The highest BCUT2D eigenvalue weighted by Gasteiger charge is 2.22. The van der Waals surface area contributed by atoms with E-state index in [-0.39, 0.29) is 50.3 Å². The monoisotopic (exact) mass is 1020 g/mol. The summed E-state index contributed by atoms with van der Waals surface area (Å²) in [5, 5.41) is 15.9. The van der Waals surface area contributed by atoms with Crippen molar-refractivity contribution < 1.29 is 38.4 Å². The highest BCUT2D eigenvalue weighted by atomic mass is 35.5. The first-order chi connectivity index (χ1) is 33.7. The van der Waals surface area contributed by atoms with Crippen LogP contribution in [-0.4, -0.2) is 78.8 Å². The van der Waals surface area contributed by atoms with E-state index in [0.29, 0.717) is 44.4 Å². The summed E-state index contributed by atoms with van der Waals surface area (Å²) >= 11 is 12.7. The summed E-state index contributed by atoms with van der Waals surface area (Å²) in [7, 11) is 4.36. The van der Waals surface area contributed by atoms with Crippen LogP contribution in [0.5, 0.6) is 23.0 Å². The third-order valence-corrected chi connectivity index (χ3v) is 10.9. The lowest BCUT2D eigenvalue weighted by Crippen LogP contribution is -2.44. The minimum atomic E-state index is -1.13. The van der Waals surface area contributed by atoms with Crippen LogP contribution in [0.25, 0.3) is 0 Å². The Balaban J connectivity index is 0.000000264. The zero-order valence-electron chi connectivity index (χ0n) is 40.6. The maximum Gasteiger partial charge on any atom is 0.354 e. The Morgan fingerprint density at radius 3 is 1.28 bits per heavy atom. The lowest BCUT2D eigenvalue weighted by molar-refractivity contribution is -0.145. The number of aliphatic carboxylic acids is 1. The van der Waals surface area contributed by atoms with Crippen LogP contribution in [0.2, 0.25) is 10.0 Å². The van der Waals surface area contributed by atoms with Gasteiger partial charge >= 0.3 is 34.7 Å². The van der Waals surface area contributed by atoms with E-state index in [1.807, 2.05) is 27.7 Å². The molecule has 378 valence electrons. The number of esters is 1. The zero-order chi connectivity index (χ0) is 52.1. The molecule has 0 aliphatic heterocycles. The Hall–Kier alpha value is -7.58. The molecule has 2 atom stereocenters. The lowest BCUT2D eigenvalue weighted by atomic mass is 10.2. The molecule has 22 heteroatoms. The van der Waals surface area contributed by atoms with Crippen molar-refractivity contribution in [1.29, 1.82) is 0 Å². The van der Waals surface area contributed by atoms with Gasteiger partial charge in [-0.2, -0.15) is 9.97 Å². The van der Waals surface area contributed by atoms with Crippen molar-refractivity contribution >= 4 is 58.4 Å². The highest BCUT2D eigenvalue weighted by molar-refractivity contribution is 6.32. The standard InChI is InChI=1S/C25H29ClN4O6.C24H27ClN4O6/c1-15(2)36-21-11-8-18(12-20(21)26)27-23-28-24(32)30(13-16(3)22(31)35-5)25(33)29(23)14-17-6-9-19(34-4)10-7-17;1-14(2)35-20-10-7-17(11-19(20)25)26-22-27-23(32)29(12-15(3)21(30)31)24(33)28(22)13-16-5-8-18(34-4)9-6-16/h6-12,15-16H,13-14H2,1-5H3,(H,27,28,32);5-11,14-15H,12-13H2,1-4H3,(H,30,31)(H,26,27,32)/t16-;15-/m00/s1. The van der Waals surface area contributed by atoms with Crippen molar-refractivity contribution in [3.8, 4) is 23.0 Å². The number of nitrogens with zero attached hydrogens (tertiary/aromatic N) is 6. The molecule has 0 spiro atoms. The molecule has 0 amide bonds. The van der Waals surface area contributed by atoms with E-state index >= 15 is 0 Å². The van der Waals surface area contributed by atoms with Crippen LogP contribution in [0, 0.1) is 11.8 Å². The first kappa shape index (κ1) is 54.4.